The largest absolute Gasteiger partial charge is 0.384 e. The molecule has 1 atom stereocenters. The molecular weight excluding hydrogens is 182 g/mol. The molecule has 74 valence electrons. The Labute approximate surface area is 84.0 Å². The van der Waals surface area contributed by atoms with Crippen LogP contribution in [-0.4, -0.2) is 18.7 Å². The number of hydrogen-bond donors (Lipinski definition) is 0. The van der Waals surface area contributed by atoms with E-state index in [4.69, 9.17) is 4.74 Å². The maximum absolute atomic E-state index is 5.01. The molecule has 0 aliphatic carbocycles. The molecule has 0 amide bonds. The van der Waals surface area contributed by atoms with Gasteiger partial charge in [0, 0.05) is 18.9 Å². The van der Waals surface area contributed by atoms with E-state index < -0.39 is 0 Å². The third-order valence-corrected chi connectivity index (χ3v) is 3.13. The molecule has 0 N–H and O–H groups in total. The van der Waals surface area contributed by atoms with E-state index in [2.05, 4.69) is 24.2 Å². The predicted molar refractivity (Wildman–Crippen MR) is 56.4 cm³/mol. The second-order valence-corrected chi connectivity index (χ2v) is 4.16. The van der Waals surface area contributed by atoms with E-state index in [0.29, 0.717) is 5.92 Å². The van der Waals surface area contributed by atoms with Gasteiger partial charge >= 0.3 is 0 Å². The fraction of sp³-hybridized carbons (Fsp3) is 0.700. The molecule has 0 aromatic carbocycles. The summed E-state index contributed by atoms with van der Waals surface area (Å²) >= 11 is 1.74. The predicted octanol–water partition coefficient (Wildman–Crippen LogP) is 2.85. The summed E-state index contributed by atoms with van der Waals surface area (Å²) < 4.78 is 5.01. The normalized spacial score (nSPS) is 13.2. The number of methoxy groups -OCH3 is 1. The van der Waals surface area contributed by atoms with Gasteiger partial charge in [-0.2, -0.15) is 0 Å². The molecule has 0 saturated heterocycles. The third-order valence-electron chi connectivity index (χ3n) is 2.21. The Morgan fingerprint density at radius 1 is 1.62 bits per heavy atom. The second-order valence-electron chi connectivity index (χ2n) is 3.22. The lowest BCUT2D eigenvalue weighted by Gasteiger charge is -2.02. The zero-order valence-electron chi connectivity index (χ0n) is 8.54. The van der Waals surface area contributed by atoms with Gasteiger partial charge in [0.1, 0.15) is 0 Å². The fourth-order valence-corrected chi connectivity index (χ4v) is 1.97. The first-order valence-electron chi connectivity index (χ1n) is 4.71. The third kappa shape index (κ3) is 3.08. The monoisotopic (exact) mass is 199 g/mol. The second kappa shape index (κ2) is 5.35. The molecule has 0 spiro atoms. The lowest BCUT2D eigenvalue weighted by molar-refractivity contribution is 0.202. The van der Waals surface area contributed by atoms with Gasteiger partial charge in [-0.05, 0) is 12.3 Å². The van der Waals surface area contributed by atoms with Gasteiger partial charge in [0.2, 0.25) is 0 Å². The number of ether oxygens (including phenoxy) is 1. The summed E-state index contributed by atoms with van der Waals surface area (Å²) in [5, 5.41) is 3.36. The lowest BCUT2D eigenvalue weighted by Crippen LogP contribution is -1.96. The van der Waals surface area contributed by atoms with Crippen LogP contribution in [0.3, 0.4) is 0 Å². The van der Waals surface area contributed by atoms with E-state index in [1.807, 2.05) is 0 Å². The fourth-order valence-electron chi connectivity index (χ4n) is 1.06. The average molecular weight is 199 g/mol. The van der Waals surface area contributed by atoms with Crippen LogP contribution in [0.25, 0.3) is 0 Å². The van der Waals surface area contributed by atoms with E-state index in [9.17, 15) is 0 Å². The van der Waals surface area contributed by atoms with E-state index in [1.54, 1.807) is 18.4 Å². The Balaban J connectivity index is 2.53. The Bertz CT molecular complexity index is 247. The number of rotatable bonds is 5. The summed E-state index contributed by atoms with van der Waals surface area (Å²) in [7, 11) is 1.73. The van der Waals surface area contributed by atoms with Crippen molar-refractivity contribution in [3.8, 4) is 0 Å². The SMILES string of the molecule is CCC(C)c1csc(CCOC)n1. The molecule has 2 nitrogen and oxygen atoms in total. The molecular formula is C10H17NOS. The molecule has 0 aliphatic heterocycles. The highest BCUT2D eigenvalue weighted by atomic mass is 32.1. The van der Waals surface area contributed by atoms with Crippen LogP contribution in [0.15, 0.2) is 5.38 Å². The highest BCUT2D eigenvalue weighted by Crippen LogP contribution is 2.20. The smallest absolute Gasteiger partial charge is 0.0951 e. The highest BCUT2D eigenvalue weighted by molar-refractivity contribution is 7.09. The van der Waals surface area contributed by atoms with Gasteiger partial charge in [-0.1, -0.05) is 13.8 Å². The van der Waals surface area contributed by atoms with Gasteiger partial charge in [-0.15, -0.1) is 11.3 Å². The highest BCUT2D eigenvalue weighted by Gasteiger charge is 2.07. The molecule has 1 aromatic rings. The first-order valence-corrected chi connectivity index (χ1v) is 5.59. The van der Waals surface area contributed by atoms with Gasteiger partial charge < -0.3 is 4.74 Å². The van der Waals surface area contributed by atoms with Crippen molar-refractivity contribution in [3.63, 3.8) is 0 Å². The molecule has 0 radical (unpaired) electrons. The molecule has 13 heavy (non-hydrogen) atoms. The molecule has 1 heterocycles. The van der Waals surface area contributed by atoms with Gasteiger partial charge in [0.15, 0.2) is 0 Å². The average Bonchev–Trinajstić information content (AvgIpc) is 2.62. The van der Waals surface area contributed by atoms with Crippen molar-refractivity contribution >= 4 is 11.3 Å². The number of aromatic nitrogens is 1. The Morgan fingerprint density at radius 2 is 2.38 bits per heavy atom. The number of thiazole rings is 1. The van der Waals surface area contributed by atoms with Crippen LogP contribution in [-0.2, 0) is 11.2 Å². The molecule has 0 aliphatic rings. The number of nitrogens with zero attached hydrogens (tertiary/aromatic N) is 1. The summed E-state index contributed by atoms with van der Waals surface area (Å²) in [6.45, 7) is 5.18. The molecule has 0 bridgehead atoms. The van der Waals surface area contributed by atoms with Crippen LogP contribution < -0.4 is 0 Å². The minimum Gasteiger partial charge on any atom is -0.384 e. The molecule has 1 unspecified atom stereocenters. The van der Waals surface area contributed by atoms with Crippen LogP contribution in [0, 0.1) is 0 Å². The van der Waals surface area contributed by atoms with E-state index in [1.165, 1.54) is 10.7 Å². The van der Waals surface area contributed by atoms with Crippen molar-refractivity contribution in [2.45, 2.75) is 32.6 Å². The van der Waals surface area contributed by atoms with Crippen LogP contribution in [0.5, 0.6) is 0 Å². The van der Waals surface area contributed by atoms with Crippen LogP contribution in [0.4, 0.5) is 0 Å². The van der Waals surface area contributed by atoms with Crippen LogP contribution >= 0.6 is 11.3 Å². The summed E-state index contributed by atoms with van der Waals surface area (Å²) in [6.07, 6.45) is 2.10. The lowest BCUT2D eigenvalue weighted by atomic mass is 10.1. The topological polar surface area (TPSA) is 22.1 Å². The minimum absolute atomic E-state index is 0.590. The van der Waals surface area contributed by atoms with Gasteiger partial charge in [0.05, 0.1) is 17.3 Å². The standard InChI is InChI=1S/C10H17NOS/c1-4-8(2)9-7-13-10(11-9)5-6-12-3/h7-8H,4-6H2,1-3H3. The van der Waals surface area contributed by atoms with Gasteiger partial charge in [0.25, 0.3) is 0 Å². The number of hydrogen-bond acceptors (Lipinski definition) is 3. The van der Waals surface area contributed by atoms with Crippen molar-refractivity contribution in [3.05, 3.63) is 16.1 Å². The quantitative estimate of drug-likeness (QED) is 0.727. The Kier molecular flexibility index (Phi) is 4.39. The van der Waals surface area contributed by atoms with Gasteiger partial charge in [-0.25, -0.2) is 4.98 Å². The maximum atomic E-state index is 5.01. The van der Waals surface area contributed by atoms with E-state index in [0.717, 1.165) is 19.4 Å². The first-order chi connectivity index (χ1) is 6.27. The van der Waals surface area contributed by atoms with Crippen molar-refractivity contribution in [1.82, 2.24) is 4.98 Å². The Morgan fingerprint density at radius 3 is 3.00 bits per heavy atom. The first kappa shape index (κ1) is 10.7. The van der Waals surface area contributed by atoms with Crippen molar-refractivity contribution < 1.29 is 4.74 Å². The zero-order valence-corrected chi connectivity index (χ0v) is 9.36. The van der Waals surface area contributed by atoms with E-state index in [-0.39, 0.29) is 0 Å². The molecule has 1 aromatic heterocycles. The molecule has 3 heteroatoms. The van der Waals surface area contributed by atoms with Crippen molar-refractivity contribution in [2.75, 3.05) is 13.7 Å². The van der Waals surface area contributed by atoms with E-state index >= 15 is 0 Å². The van der Waals surface area contributed by atoms with Crippen LogP contribution in [0.2, 0.25) is 0 Å². The summed E-state index contributed by atoms with van der Waals surface area (Å²) in [5.41, 5.74) is 1.23. The van der Waals surface area contributed by atoms with Crippen molar-refractivity contribution in [2.24, 2.45) is 0 Å². The van der Waals surface area contributed by atoms with Crippen molar-refractivity contribution in [1.29, 1.82) is 0 Å². The Hall–Kier alpha value is -0.410. The zero-order chi connectivity index (χ0) is 9.68. The molecule has 0 fully saturated rings. The minimum atomic E-state index is 0.590. The summed E-state index contributed by atoms with van der Waals surface area (Å²) in [4.78, 5) is 4.56. The van der Waals surface area contributed by atoms with Gasteiger partial charge in [-0.3, -0.25) is 0 Å². The summed E-state index contributed by atoms with van der Waals surface area (Å²) in [6, 6.07) is 0. The molecule has 0 saturated carbocycles. The molecule has 1 rings (SSSR count). The summed E-state index contributed by atoms with van der Waals surface area (Å²) in [5.74, 6) is 0.590. The maximum Gasteiger partial charge on any atom is 0.0951 e. The van der Waals surface area contributed by atoms with Crippen LogP contribution in [0.1, 0.15) is 36.9 Å².